The predicted molar refractivity (Wildman–Crippen MR) is 136 cm³/mol. The fourth-order valence-corrected chi connectivity index (χ4v) is 3.61. The normalized spacial score (nSPS) is 10.8. The molecule has 0 aliphatic carbocycles. The number of carbonyl (C=O) groups is 1. The van der Waals surface area contributed by atoms with Crippen LogP contribution in [0.1, 0.15) is 12.5 Å². The number of amides is 1. The Labute approximate surface area is 219 Å². The largest absolute Gasteiger partial charge is 0.494 e. The predicted octanol–water partition coefficient (Wildman–Crippen LogP) is 6.55. The van der Waals surface area contributed by atoms with Gasteiger partial charge in [0.15, 0.2) is 5.75 Å². The lowest BCUT2D eigenvalue weighted by molar-refractivity contribution is -0.394. The maximum absolute atomic E-state index is 12.6. The van der Waals surface area contributed by atoms with Crippen LogP contribution in [0.15, 0.2) is 60.2 Å². The van der Waals surface area contributed by atoms with E-state index >= 15 is 0 Å². The van der Waals surface area contributed by atoms with Crippen molar-refractivity contribution in [2.45, 2.75) is 6.92 Å². The molecule has 1 amide bonds. The molecule has 0 aromatic heterocycles. The van der Waals surface area contributed by atoms with E-state index < -0.39 is 27.1 Å². The molecule has 0 fully saturated rings. The highest BCUT2D eigenvalue weighted by Gasteiger charge is 2.23. The number of halogens is 2. The van der Waals surface area contributed by atoms with Gasteiger partial charge in [0.05, 0.1) is 32.6 Å². The summed E-state index contributed by atoms with van der Waals surface area (Å²) < 4.78 is 10.8. The average molecular weight is 543 g/mol. The summed E-state index contributed by atoms with van der Waals surface area (Å²) in [5.74, 6) is -0.534. The summed E-state index contributed by atoms with van der Waals surface area (Å²) in [6, 6.07) is 13.9. The van der Waals surface area contributed by atoms with Crippen LogP contribution in [-0.4, -0.2) is 22.4 Å². The third-order valence-electron chi connectivity index (χ3n) is 4.68. The Hall–Kier alpha value is -4.66. The van der Waals surface area contributed by atoms with Gasteiger partial charge in [0.25, 0.3) is 11.6 Å². The van der Waals surface area contributed by atoms with Crippen LogP contribution in [0, 0.1) is 31.6 Å². The van der Waals surface area contributed by atoms with Gasteiger partial charge in [-0.3, -0.25) is 25.0 Å². The first-order chi connectivity index (χ1) is 17.6. The lowest BCUT2D eigenvalue weighted by Gasteiger charge is -2.11. The number of hydrogen-bond donors (Lipinski definition) is 1. The Balaban J connectivity index is 1.85. The van der Waals surface area contributed by atoms with E-state index in [4.69, 9.17) is 32.7 Å². The molecule has 0 spiro atoms. The van der Waals surface area contributed by atoms with Crippen molar-refractivity contribution in [3.05, 3.63) is 96.0 Å². The Morgan fingerprint density at radius 1 is 1.05 bits per heavy atom. The second-order valence-corrected chi connectivity index (χ2v) is 7.98. The van der Waals surface area contributed by atoms with Gasteiger partial charge in [0.2, 0.25) is 5.75 Å². The van der Waals surface area contributed by atoms with E-state index in [-0.39, 0.29) is 32.7 Å². The van der Waals surface area contributed by atoms with Crippen molar-refractivity contribution in [3.8, 4) is 23.3 Å². The monoisotopic (exact) mass is 542 g/mol. The van der Waals surface area contributed by atoms with Crippen molar-refractivity contribution >= 4 is 52.2 Å². The molecule has 0 radical (unpaired) electrons. The SMILES string of the molecule is CCOc1ccc(NC(=O)/C(C#N)=C/c2cc(Cl)c(Oc3ccc([N+](=O)[O-])cc3[N+](=O)[O-])c(Cl)c2)cc1. The van der Waals surface area contributed by atoms with Crippen LogP contribution in [0.4, 0.5) is 17.1 Å². The second kappa shape index (κ2) is 11.9. The molecule has 1 N–H and O–H groups in total. The Kier molecular flexibility index (Phi) is 8.63. The van der Waals surface area contributed by atoms with Gasteiger partial charge in [0.1, 0.15) is 17.4 Å². The minimum absolute atomic E-state index is 0.0874. The van der Waals surface area contributed by atoms with Gasteiger partial charge in [0, 0.05) is 11.8 Å². The zero-order valence-corrected chi connectivity index (χ0v) is 20.4. The molecule has 37 heavy (non-hydrogen) atoms. The van der Waals surface area contributed by atoms with Gasteiger partial charge in [-0.2, -0.15) is 5.26 Å². The van der Waals surface area contributed by atoms with Gasteiger partial charge >= 0.3 is 5.69 Å². The number of anilines is 1. The molecule has 11 nitrogen and oxygen atoms in total. The van der Waals surface area contributed by atoms with Gasteiger partial charge in [-0.25, -0.2) is 0 Å². The maximum atomic E-state index is 12.6. The number of carbonyl (C=O) groups excluding carboxylic acids is 1. The van der Waals surface area contributed by atoms with Gasteiger partial charge in [-0.05, 0) is 61.0 Å². The lowest BCUT2D eigenvalue weighted by atomic mass is 10.1. The van der Waals surface area contributed by atoms with Crippen LogP contribution in [0.5, 0.6) is 17.2 Å². The Morgan fingerprint density at radius 2 is 1.70 bits per heavy atom. The number of nitrogens with zero attached hydrogens (tertiary/aromatic N) is 3. The summed E-state index contributed by atoms with van der Waals surface area (Å²) in [6.07, 6.45) is 1.25. The number of nitro benzene ring substituents is 2. The minimum Gasteiger partial charge on any atom is -0.494 e. The molecule has 0 heterocycles. The second-order valence-electron chi connectivity index (χ2n) is 7.16. The van der Waals surface area contributed by atoms with Crippen LogP contribution < -0.4 is 14.8 Å². The topological polar surface area (TPSA) is 158 Å². The molecule has 0 aliphatic rings. The number of non-ortho nitro benzene ring substituents is 1. The molecular formula is C24H16Cl2N4O7. The summed E-state index contributed by atoms with van der Waals surface area (Å²) in [5.41, 5.74) is -0.689. The van der Waals surface area contributed by atoms with Gasteiger partial charge < -0.3 is 14.8 Å². The number of ether oxygens (including phenoxy) is 2. The zero-order valence-electron chi connectivity index (χ0n) is 18.9. The Morgan fingerprint density at radius 3 is 2.24 bits per heavy atom. The highest BCUT2D eigenvalue weighted by atomic mass is 35.5. The summed E-state index contributed by atoms with van der Waals surface area (Å²) in [6.45, 7) is 2.34. The summed E-state index contributed by atoms with van der Waals surface area (Å²) >= 11 is 12.5. The number of nitro groups is 2. The van der Waals surface area contributed by atoms with E-state index in [0.29, 0.717) is 18.0 Å². The average Bonchev–Trinajstić information content (AvgIpc) is 2.85. The van der Waals surface area contributed by atoms with Gasteiger partial charge in [-0.1, -0.05) is 23.2 Å². The molecule has 0 aliphatic heterocycles. The molecule has 3 aromatic carbocycles. The minimum atomic E-state index is -0.844. The van der Waals surface area contributed by atoms with Crippen LogP contribution in [0.3, 0.4) is 0 Å². The molecule has 0 atom stereocenters. The summed E-state index contributed by atoms with van der Waals surface area (Å²) in [4.78, 5) is 33.2. The van der Waals surface area contributed by atoms with Crippen molar-refractivity contribution in [2.24, 2.45) is 0 Å². The number of hydrogen-bond acceptors (Lipinski definition) is 8. The van der Waals surface area contributed by atoms with E-state index in [9.17, 15) is 30.3 Å². The first-order valence-corrected chi connectivity index (χ1v) is 11.1. The van der Waals surface area contributed by atoms with E-state index in [0.717, 1.165) is 18.2 Å². The molecule has 3 aromatic rings. The van der Waals surface area contributed by atoms with Crippen LogP contribution in [0.2, 0.25) is 10.0 Å². The number of benzene rings is 3. The summed E-state index contributed by atoms with van der Waals surface area (Å²) in [7, 11) is 0. The van der Waals surface area contributed by atoms with Crippen molar-refractivity contribution < 1.29 is 24.1 Å². The number of nitriles is 1. The maximum Gasteiger partial charge on any atom is 0.318 e. The van der Waals surface area contributed by atoms with Crippen molar-refractivity contribution in [3.63, 3.8) is 0 Å². The van der Waals surface area contributed by atoms with Crippen molar-refractivity contribution in [2.75, 3.05) is 11.9 Å². The first kappa shape index (κ1) is 26.9. The summed E-state index contributed by atoms with van der Waals surface area (Å²) in [5, 5.41) is 34.2. The van der Waals surface area contributed by atoms with Crippen molar-refractivity contribution in [1.29, 1.82) is 5.26 Å². The first-order valence-electron chi connectivity index (χ1n) is 10.4. The fraction of sp³-hybridized carbons (Fsp3) is 0.0833. The van der Waals surface area contributed by atoms with Crippen molar-refractivity contribution in [1.82, 2.24) is 0 Å². The molecule has 13 heteroatoms. The fourth-order valence-electron chi connectivity index (χ4n) is 3.03. The van der Waals surface area contributed by atoms with Crippen LogP contribution >= 0.6 is 23.2 Å². The molecule has 0 saturated carbocycles. The van der Waals surface area contributed by atoms with E-state index in [2.05, 4.69) is 5.32 Å². The molecule has 0 bridgehead atoms. The number of nitrogens with one attached hydrogen (secondary N) is 1. The molecule has 0 saturated heterocycles. The zero-order chi connectivity index (χ0) is 27.1. The van der Waals surface area contributed by atoms with E-state index in [1.165, 1.54) is 18.2 Å². The van der Waals surface area contributed by atoms with Crippen LogP contribution in [0.25, 0.3) is 6.08 Å². The highest BCUT2D eigenvalue weighted by Crippen LogP contribution is 2.41. The molecule has 3 rings (SSSR count). The lowest BCUT2D eigenvalue weighted by Crippen LogP contribution is -2.13. The molecule has 0 unspecified atom stereocenters. The Bertz CT molecular complexity index is 1430. The van der Waals surface area contributed by atoms with E-state index in [1.807, 2.05) is 6.92 Å². The smallest absolute Gasteiger partial charge is 0.318 e. The van der Waals surface area contributed by atoms with Crippen LogP contribution in [-0.2, 0) is 4.79 Å². The third-order valence-corrected chi connectivity index (χ3v) is 5.24. The highest BCUT2D eigenvalue weighted by molar-refractivity contribution is 6.37. The quantitative estimate of drug-likeness (QED) is 0.138. The van der Waals surface area contributed by atoms with Gasteiger partial charge in [-0.15, -0.1) is 0 Å². The number of rotatable bonds is 9. The third kappa shape index (κ3) is 6.72. The standard InChI is InChI=1S/C24H16Cl2N4O7/c1-2-36-18-6-3-16(4-7-18)28-24(31)15(13-27)9-14-10-19(25)23(20(26)11-14)37-22-8-5-17(29(32)33)12-21(22)30(34)35/h3-12H,2H2,1H3,(H,28,31)/b15-9+. The van der Waals surface area contributed by atoms with E-state index in [1.54, 1.807) is 30.3 Å². The molecule has 188 valence electrons. The molecular weight excluding hydrogens is 527 g/mol.